The summed E-state index contributed by atoms with van der Waals surface area (Å²) in [6.45, 7) is 2.71. The number of hydrogen-bond acceptors (Lipinski definition) is 3. The molecule has 2 rings (SSSR count). The molecule has 1 aromatic carbocycles. The predicted molar refractivity (Wildman–Crippen MR) is 69.4 cm³/mol. The molecule has 0 saturated heterocycles. The highest BCUT2D eigenvalue weighted by Crippen LogP contribution is 2.11. The molecule has 0 aliphatic heterocycles. The molecule has 0 unspecified atom stereocenters. The van der Waals surface area contributed by atoms with Gasteiger partial charge in [-0.15, -0.1) is 0 Å². The normalized spacial score (nSPS) is 10.9. The molecule has 0 amide bonds. The third kappa shape index (κ3) is 2.85. The molecular formula is C14H14N2O2. The van der Waals surface area contributed by atoms with Crippen LogP contribution in [0.3, 0.4) is 0 Å². The number of ketones is 1. The van der Waals surface area contributed by atoms with Crippen molar-refractivity contribution in [2.45, 2.75) is 13.5 Å². The molecule has 0 bridgehead atoms. The molecule has 0 aliphatic rings. The summed E-state index contributed by atoms with van der Waals surface area (Å²) in [6, 6.07) is 6.65. The van der Waals surface area contributed by atoms with Gasteiger partial charge in [-0.3, -0.25) is 9.48 Å². The molecule has 1 aromatic heterocycles. The summed E-state index contributed by atoms with van der Waals surface area (Å²) in [5, 5.41) is 13.2. The van der Waals surface area contributed by atoms with E-state index >= 15 is 0 Å². The van der Waals surface area contributed by atoms with E-state index in [9.17, 15) is 4.79 Å². The first-order chi connectivity index (χ1) is 8.69. The van der Waals surface area contributed by atoms with E-state index in [4.69, 9.17) is 5.11 Å². The predicted octanol–water partition coefficient (Wildman–Crippen LogP) is 2.50. The minimum Gasteiger partial charge on any atom is -0.508 e. The summed E-state index contributed by atoms with van der Waals surface area (Å²) < 4.78 is 1.71. The largest absolute Gasteiger partial charge is 0.508 e. The molecule has 92 valence electrons. The Balaban J connectivity index is 2.09. The fourth-order valence-electron chi connectivity index (χ4n) is 1.52. The zero-order chi connectivity index (χ0) is 13.0. The first-order valence-corrected chi connectivity index (χ1v) is 5.73. The molecule has 0 spiro atoms. The second-order valence-electron chi connectivity index (χ2n) is 3.87. The van der Waals surface area contributed by atoms with Crippen molar-refractivity contribution >= 4 is 11.9 Å². The first-order valence-electron chi connectivity index (χ1n) is 5.73. The second-order valence-corrected chi connectivity index (χ2v) is 3.87. The Labute approximate surface area is 105 Å². The summed E-state index contributed by atoms with van der Waals surface area (Å²) in [4.78, 5) is 11.8. The van der Waals surface area contributed by atoms with Gasteiger partial charge < -0.3 is 5.11 Å². The Morgan fingerprint density at radius 1 is 1.39 bits per heavy atom. The molecular weight excluding hydrogens is 228 g/mol. The van der Waals surface area contributed by atoms with Gasteiger partial charge in [0, 0.05) is 12.7 Å². The average Bonchev–Trinajstić information content (AvgIpc) is 2.86. The number of phenols is 1. The topological polar surface area (TPSA) is 55.1 Å². The fraction of sp³-hybridized carbons (Fsp3) is 0.143. The van der Waals surface area contributed by atoms with E-state index < -0.39 is 0 Å². The summed E-state index contributed by atoms with van der Waals surface area (Å²) in [5.74, 6) is 0.130. The van der Waals surface area contributed by atoms with Crippen molar-refractivity contribution in [3.05, 3.63) is 53.9 Å². The minimum absolute atomic E-state index is 0.0808. The van der Waals surface area contributed by atoms with Crippen LogP contribution >= 0.6 is 0 Å². The van der Waals surface area contributed by atoms with Crippen LogP contribution in [-0.2, 0) is 6.54 Å². The smallest absolute Gasteiger partial charge is 0.189 e. The number of rotatable bonds is 4. The number of aromatic hydroxyl groups is 1. The standard InChI is InChI=1S/C14H14N2O2/c1-2-16-10-12(9-15-16)14(18)8-5-11-3-6-13(17)7-4-11/h3-10,17H,2H2,1H3/b8-5-. The van der Waals surface area contributed by atoms with Crippen molar-refractivity contribution in [2.24, 2.45) is 0 Å². The summed E-state index contributed by atoms with van der Waals surface area (Å²) in [7, 11) is 0. The van der Waals surface area contributed by atoms with Crippen molar-refractivity contribution in [2.75, 3.05) is 0 Å². The van der Waals surface area contributed by atoms with Crippen LogP contribution in [0.1, 0.15) is 22.8 Å². The molecule has 4 heteroatoms. The van der Waals surface area contributed by atoms with Crippen LogP contribution in [0.5, 0.6) is 5.75 Å². The average molecular weight is 242 g/mol. The Hall–Kier alpha value is -2.36. The maximum Gasteiger partial charge on any atom is 0.189 e. The van der Waals surface area contributed by atoms with Crippen molar-refractivity contribution in [3.63, 3.8) is 0 Å². The number of carbonyl (C=O) groups is 1. The zero-order valence-electron chi connectivity index (χ0n) is 10.1. The molecule has 0 radical (unpaired) electrons. The van der Waals surface area contributed by atoms with Crippen molar-refractivity contribution < 1.29 is 9.90 Å². The van der Waals surface area contributed by atoms with E-state index in [-0.39, 0.29) is 11.5 Å². The Morgan fingerprint density at radius 2 is 2.11 bits per heavy atom. The van der Waals surface area contributed by atoms with E-state index in [1.54, 1.807) is 47.4 Å². The SMILES string of the molecule is CCn1cc(C(=O)/C=C\c2ccc(O)cc2)cn1. The van der Waals surface area contributed by atoms with Crippen LogP contribution in [0.2, 0.25) is 0 Å². The number of aromatic nitrogens is 2. The molecule has 0 saturated carbocycles. The lowest BCUT2D eigenvalue weighted by atomic mass is 10.1. The Morgan fingerprint density at radius 3 is 2.72 bits per heavy atom. The lowest BCUT2D eigenvalue weighted by Gasteiger charge is -1.94. The molecule has 4 nitrogen and oxygen atoms in total. The maximum atomic E-state index is 11.8. The van der Waals surface area contributed by atoms with Gasteiger partial charge in [0.1, 0.15) is 5.75 Å². The van der Waals surface area contributed by atoms with Crippen LogP contribution in [0.25, 0.3) is 6.08 Å². The van der Waals surface area contributed by atoms with Crippen LogP contribution in [0.4, 0.5) is 0 Å². The van der Waals surface area contributed by atoms with E-state index in [1.807, 2.05) is 6.92 Å². The van der Waals surface area contributed by atoms with Crippen molar-refractivity contribution in [1.29, 1.82) is 0 Å². The van der Waals surface area contributed by atoms with Gasteiger partial charge in [-0.25, -0.2) is 0 Å². The third-order valence-corrected chi connectivity index (χ3v) is 2.56. The van der Waals surface area contributed by atoms with Crippen molar-refractivity contribution in [1.82, 2.24) is 9.78 Å². The highest BCUT2D eigenvalue weighted by Gasteiger charge is 2.04. The molecule has 0 atom stereocenters. The number of benzene rings is 1. The number of phenolic OH excluding ortho intramolecular Hbond substituents is 1. The Bertz CT molecular complexity index is 568. The molecule has 1 N–H and O–H groups in total. The summed E-state index contributed by atoms with van der Waals surface area (Å²) in [5.41, 5.74) is 1.44. The maximum absolute atomic E-state index is 11.8. The van der Waals surface area contributed by atoms with E-state index in [0.29, 0.717) is 5.56 Å². The van der Waals surface area contributed by atoms with Gasteiger partial charge in [0.05, 0.1) is 11.8 Å². The van der Waals surface area contributed by atoms with E-state index in [1.165, 1.54) is 6.08 Å². The third-order valence-electron chi connectivity index (χ3n) is 2.56. The van der Waals surface area contributed by atoms with Gasteiger partial charge in [0.15, 0.2) is 5.78 Å². The summed E-state index contributed by atoms with van der Waals surface area (Å²) in [6.07, 6.45) is 6.50. The lowest BCUT2D eigenvalue weighted by Crippen LogP contribution is -1.94. The van der Waals surface area contributed by atoms with E-state index in [2.05, 4.69) is 5.10 Å². The van der Waals surface area contributed by atoms with Crippen LogP contribution < -0.4 is 0 Å². The van der Waals surface area contributed by atoms with Crippen molar-refractivity contribution in [3.8, 4) is 5.75 Å². The highest BCUT2D eigenvalue weighted by molar-refractivity contribution is 6.06. The molecule has 0 aliphatic carbocycles. The van der Waals surface area contributed by atoms with Crippen LogP contribution in [0, 0.1) is 0 Å². The van der Waals surface area contributed by atoms with Gasteiger partial charge in [0.25, 0.3) is 0 Å². The van der Waals surface area contributed by atoms with Gasteiger partial charge >= 0.3 is 0 Å². The molecule has 18 heavy (non-hydrogen) atoms. The van der Waals surface area contributed by atoms with Gasteiger partial charge in [-0.05, 0) is 30.7 Å². The molecule has 2 aromatic rings. The van der Waals surface area contributed by atoms with Gasteiger partial charge in [0.2, 0.25) is 0 Å². The second kappa shape index (κ2) is 5.31. The van der Waals surface area contributed by atoms with Gasteiger partial charge in [-0.1, -0.05) is 18.2 Å². The lowest BCUT2D eigenvalue weighted by molar-refractivity contribution is 0.104. The number of carbonyl (C=O) groups excluding carboxylic acids is 1. The number of allylic oxidation sites excluding steroid dienone is 1. The minimum atomic E-state index is -0.0808. The van der Waals surface area contributed by atoms with E-state index in [0.717, 1.165) is 12.1 Å². The Kier molecular flexibility index (Phi) is 3.57. The van der Waals surface area contributed by atoms with Crippen LogP contribution in [-0.4, -0.2) is 20.7 Å². The number of hydrogen-bond donors (Lipinski definition) is 1. The quantitative estimate of drug-likeness (QED) is 0.662. The molecule has 1 heterocycles. The summed E-state index contributed by atoms with van der Waals surface area (Å²) >= 11 is 0. The van der Waals surface area contributed by atoms with Gasteiger partial charge in [-0.2, -0.15) is 5.10 Å². The zero-order valence-corrected chi connectivity index (χ0v) is 10.1. The number of aryl methyl sites for hydroxylation is 1. The first kappa shape index (κ1) is 12.1. The highest BCUT2D eigenvalue weighted by atomic mass is 16.3. The van der Waals surface area contributed by atoms with Crippen LogP contribution in [0.15, 0.2) is 42.7 Å². The monoisotopic (exact) mass is 242 g/mol. The molecule has 0 fully saturated rings. The fourth-order valence-corrected chi connectivity index (χ4v) is 1.52. The number of nitrogens with zero attached hydrogens (tertiary/aromatic N) is 2.